The molecule has 1 fully saturated rings. The van der Waals surface area contributed by atoms with Crippen LogP contribution < -0.4 is 10.2 Å². The lowest BCUT2D eigenvalue weighted by Gasteiger charge is -2.52. The van der Waals surface area contributed by atoms with Gasteiger partial charge in [-0.25, -0.2) is 0 Å². The van der Waals surface area contributed by atoms with Crippen molar-refractivity contribution in [3.8, 4) is 0 Å². The highest BCUT2D eigenvalue weighted by molar-refractivity contribution is 5.73. The van der Waals surface area contributed by atoms with E-state index in [0.717, 1.165) is 24.3 Å². The van der Waals surface area contributed by atoms with Crippen molar-refractivity contribution < 1.29 is 0 Å². The third kappa shape index (κ3) is 3.23. The van der Waals surface area contributed by atoms with E-state index in [-0.39, 0.29) is 17.1 Å². The molecule has 5 heteroatoms. The van der Waals surface area contributed by atoms with Gasteiger partial charge in [0.15, 0.2) is 11.5 Å². The van der Waals surface area contributed by atoms with Gasteiger partial charge in [0.1, 0.15) is 6.04 Å². The monoisotopic (exact) mass is 387 g/mol. The van der Waals surface area contributed by atoms with Crippen molar-refractivity contribution in [2.75, 3.05) is 4.90 Å². The molecule has 1 unspecified atom stereocenters. The van der Waals surface area contributed by atoms with Gasteiger partial charge in [-0.3, -0.25) is 4.40 Å². The van der Waals surface area contributed by atoms with Crippen LogP contribution in [-0.4, -0.2) is 31.7 Å². The zero-order valence-electron chi connectivity index (χ0n) is 17.6. The number of nitrogens with zero attached hydrogens (tertiary/aromatic N) is 4. The number of piperidine rings is 1. The molecule has 150 valence electrons. The number of pyridine rings is 1. The molecular weight excluding hydrogens is 358 g/mol. The summed E-state index contributed by atoms with van der Waals surface area (Å²) in [6, 6.07) is 15.2. The van der Waals surface area contributed by atoms with Gasteiger partial charge in [-0.15, -0.1) is 10.2 Å². The van der Waals surface area contributed by atoms with Gasteiger partial charge in [-0.2, -0.15) is 0 Å². The van der Waals surface area contributed by atoms with E-state index in [2.05, 4.69) is 95.1 Å². The highest BCUT2D eigenvalue weighted by Gasteiger charge is 2.43. The molecule has 29 heavy (non-hydrogen) atoms. The molecule has 4 heterocycles. The number of fused-ring (bicyclic) bond motifs is 2. The van der Waals surface area contributed by atoms with Gasteiger partial charge >= 0.3 is 0 Å². The van der Waals surface area contributed by atoms with E-state index in [9.17, 15) is 0 Å². The predicted octanol–water partition coefficient (Wildman–Crippen LogP) is 4.61. The standard InChI is InChI=1S/C24H29N5/c1-23(2)15-18(16-24(3,4)27-23)29-19-10-6-5-9-17(19)12-13-20(29)22-26-25-21-11-7-8-14-28(21)22/h5-14,18,20,27H,15-16H2,1-4H3. The van der Waals surface area contributed by atoms with Gasteiger partial charge in [0, 0.05) is 29.0 Å². The maximum absolute atomic E-state index is 4.61. The van der Waals surface area contributed by atoms with Crippen LogP contribution in [0.3, 0.4) is 0 Å². The molecule has 1 atom stereocenters. The summed E-state index contributed by atoms with van der Waals surface area (Å²) in [6.45, 7) is 9.25. The van der Waals surface area contributed by atoms with E-state index in [1.54, 1.807) is 0 Å². The minimum Gasteiger partial charge on any atom is -0.354 e. The van der Waals surface area contributed by atoms with Crippen LogP contribution in [0.5, 0.6) is 0 Å². The van der Waals surface area contributed by atoms with Crippen LogP contribution in [0.2, 0.25) is 0 Å². The molecule has 5 rings (SSSR count). The second-order valence-electron chi connectivity index (χ2n) is 9.71. The van der Waals surface area contributed by atoms with Crippen molar-refractivity contribution in [3.05, 3.63) is 66.1 Å². The topological polar surface area (TPSA) is 45.5 Å². The summed E-state index contributed by atoms with van der Waals surface area (Å²) in [5.41, 5.74) is 3.58. The summed E-state index contributed by atoms with van der Waals surface area (Å²) in [5.74, 6) is 0.973. The second kappa shape index (κ2) is 6.42. The van der Waals surface area contributed by atoms with Crippen LogP contribution >= 0.6 is 0 Å². The fourth-order valence-corrected chi connectivity index (χ4v) is 5.46. The van der Waals surface area contributed by atoms with Gasteiger partial charge in [-0.1, -0.05) is 36.4 Å². The third-order valence-electron chi connectivity index (χ3n) is 6.14. The Labute approximate surface area is 172 Å². The van der Waals surface area contributed by atoms with Crippen LogP contribution in [0.15, 0.2) is 54.7 Å². The molecule has 1 N–H and O–H groups in total. The van der Waals surface area contributed by atoms with Crippen LogP contribution in [0.1, 0.15) is 58.0 Å². The molecule has 1 aromatic carbocycles. The molecular formula is C24H29N5. The van der Waals surface area contributed by atoms with Gasteiger partial charge in [0.05, 0.1) is 0 Å². The quantitative estimate of drug-likeness (QED) is 0.697. The van der Waals surface area contributed by atoms with E-state index in [0.29, 0.717) is 6.04 Å². The largest absolute Gasteiger partial charge is 0.354 e. The number of para-hydroxylation sites is 1. The zero-order chi connectivity index (χ0) is 20.2. The van der Waals surface area contributed by atoms with Gasteiger partial charge < -0.3 is 10.2 Å². The van der Waals surface area contributed by atoms with Crippen molar-refractivity contribution in [1.29, 1.82) is 0 Å². The van der Waals surface area contributed by atoms with Crippen LogP contribution in [0, 0.1) is 0 Å². The molecule has 2 aliphatic rings. The molecule has 5 nitrogen and oxygen atoms in total. The Morgan fingerprint density at radius 3 is 2.45 bits per heavy atom. The Hall–Kier alpha value is -2.66. The number of hydrogen-bond donors (Lipinski definition) is 1. The number of hydrogen-bond acceptors (Lipinski definition) is 4. The highest BCUT2D eigenvalue weighted by atomic mass is 15.3. The third-order valence-corrected chi connectivity index (χ3v) is 6.14. The Kier molecular flexibility index (Phi) is 4.07. The van der Waals surface area contributed by atoms with Crippen LogP contribution in [0.4, 0.5) is 5.69 Å². The molecule has 0 spiro atoms. The van der Waals surface area contributed by atoms with E-state index >= 15 is 0 Å². The number of nitrogens with one attached hydrogen (secondary N) is 1. The minimum atomic E-state index is 0.0528. The number of benzene rings is 1. The predicted molar refractivity (Wildman–Crippen MR) is 118 cm³/mol. The maximum atomic E-state index is 4.61. The van der Waals surface area contributed by atoms with E-state index in [4.69, 9.17) is 0 Å². The molecule has 0 aliphatic carbocycles. The van der Waals surface area contributed by atoms with E-state index in [1.165, 1.54) is 11.3 Å². The first-order valence-corrected chi connectivity index (χ1v) is 10.5. The molecule has 0 saturated carbocycles. The van der Waals surface area contributed by atoms with Gasteiger partial charge in [-0.05, 0) is 64.3 Å². The normalized spacial score (nSPS) is 23.3. The lowest BCUT2D eigenvalue weighted by molar-refractivity contribution is 0.155. The summed E-state index contributed by atoms with van der Waals surface area (Å²) < 4.78 is 2.12. The van der Waals surface area contributed by atoms with Crippen molar-refractivity contribution in [1.82, 2.24) is 19.9 Å². The molecule has 0 amide bonds. The van der Waals surface area contributed by atoms with Crippen molar-refractivity contribution in [2.24, 2.45) is 0 Å². The molecule has 1 saturated heterocycles. The summed E-state index contributed by atoms with van der Waals surface area (Å²) in [7, 11) is 0. The first-order valence-electron chi connectivity index (χ1n) is 10.5. The summed E-state index contributed by atoms with van der Waals surface area (Å²) >= 11 is 0. The van der Waals surface area contributed by atoms with E-state index in [1.807, 2.05) is 18.2 Å². The zero-order valence-corrected chi connectivity index (χ0v) is 17.6. The van der Waals surface area contributed by atoms with E-state index < -0.39 is 0 Å². The fourth-order valence-electron chi connectivity index (χ4n) is 5.46. The minimum absolute atomic E-state index is 0.0528. The lowest BCUT2D eigenvalue weighted by atomic mass is 9.78. The SMILES string of the molecule is CC1(C)CC(N2c3ccccc3C=CC2c2nnc3ccccn23)CC(C)(C)N1. The summed E-state index contributed by atoms with van der Waals surface area (Å²) in [4.78, 5) is 2.59. The van der Waals surface area contributed by atoms with Crippen molar-refractivity contribution in [3.63, 3.8) is 0 Å². The first-order chi connectivity index (χ1) is 13.8. The fraction of sp³-hybridized carbons (Fsp3) is 0.417. The average molecular weight is 388 g/mol. The highest BCUT2D eigenvalue weighted by Crippen LogP contribution is 2.42. The van der Waals surface area contributed by atoms with Crippen molar-refractivity contribution >= 4 is 17.4 Å². The summed E-state index contributed by atoms with van der Waals surface area (Å²) in [5, 5.41) is 12.9. The molecule has 0 bridgehead atoms. The molecule has 2 aliphatic heterocycles. The molecule has 3 aromatic rings. The summed E-state index contributed by atoms with van der Waals surface area (Å²) in [6.07, 6.45) is 8.73. The number of rotatable bonds is 2. The van der Waals surface area contributed by atoms with Gasteiger partial charge in [0.2, 0.25) is 0 Å². The second-order valence-corrected chi connectivity index (χ2v) is 9.71. The Morgan fingerprint density at radius 2 is 1.66 bits per heavy atom. The van der Waals surface area contributed by atoms with Gasteiger partial charge in [0.25, 0.3) is 0 Å². The average Bonchev–Trinajstić information content (AvgIpc) is 3.08. The number of aromatic nitrogens is 3. The maximum Gasteiger partial charge on any atom is 0.164 e. The first kappa shape index (κ1) is 18.4. The molecule has 2 aromatic heterocycles. The Morgan fingerprint density at radius 1 is 0.931 bits per heavy atom. The number of anilines is 1. The van der Waals surface area contributed by atoms with Crippen LogP contribution in [0.25, 0.3) is 11.7 Å². The van der Waals surface area contributed by atoms with Crippen molar-refractivity contribution in [2.45, 2.75) is 63.7 Å². The van der Waals surface area contributed by atoms with Crippen LogP contribution in [-0.2, 0) is 0 Å². The lowest BCUT2D eigenvalue weighted by Crippen LogP contribution is -2.62. The Balaban J connectivity index is 1.65. The molecule has 0 radical (unpaired) electrons. The Bertz CT molecular complexity index is 1060. The smallest absolute Gasteiger partial charge is 0.164 e.